The molecule has 0 aromatic rings. The number of carboxylic acids is 1. The second-order valence-corrected chi connectivity index (χ2v) is 4.29. The van der Waals surface area contributed by atoms with Crippen LogP contribution >= 0.6 is 0 Å². The molecule has 0 aromatic carbocycles. The van der Waals surface area contributed by atoms with Gasteiger partial charge in [0.2, 0.25) is 0 Å². The lowest BCUT2D eigenvalue weighted by Crippen LogP contribution is -2.44. The van der Waals surface area contributed by atoms with Crippen molar-refractivity contribution in [1.29, 1.82) is 0 Å². The van der Waals surface area contributed by atoms with E-state index in [4.69, 9.17) is 5.11 Å². The lowest BCUT2D eigenvalue weighted by atomic mass is 9.86. The smallest absolute Gasteiger partial charge is 0.315 e. The van der Waals surface area contributed by atoms with Gasteiger partial charge in [0.05, 0.1) is 5.92 Å². The zero-order valence-electron chi connectivity index (χ0n) is 9.66. The molecule has 92 valence electrons. The SMILES string of the molecule is CCCNC(=O)NC1CCC(C(=O)O)CC1. The van der Waals surface area contributed by atoms with Crippen LogP contribution < -0.4 is 10.6 Å². The summed E-state index contributed by atoms with van der Waals surface area (Å²) in [6, 6.07) is -0.00641. The number of rotatable bonds is 4. The van der Waals surface area contributed by atoms with E-state index in [1.807, 2.05) is 6.92 Å². The number of amides is 2. The average Bonchev–Trinajstić information content (AvgIpc) is 2.27. The summed E-state index contributed by atoms with van der Waals surface area (Å²) in [4.78, 5) is 22.1. The Labute approximate surface area is 95.6 Å². The summed E-state index contributed by atoms with van der Waals surface area (Å²) in [7, 11) is 0. The van der Waals surface area contributed by atoms with Gasteiger partial charge in [-0.1, -0.05) is 6.92 Å². The van der Waals surface area contributed by atoms with E-state index in [1.54, 1.807) is 0 Å². The summed E-state index contributed by atoms with van der Waals surface area (Å²) in [6.07, 6.45) is 3.76. The van der Waals surface area contributed by atoms with Crippen molar-refractivity contribution in [3.8, 4) is 0 Å². The monoisotopic (exact) mass is 228 g/mol. The quantitative estimate of drug-likeness (QED) is 0.679. The van der Waals surface area contributed by atoms with Crippen molar-refractivity contribution in [2.75, 3.05) is 6.54 Å². The van der Waals surface area contributed by atoms with Crippen LogP contribution in [0.4, 0.5) is 4.79 Å². The molecule has 2 amide bonds. The summed E-state index contributed by atoms with van der Waals surface area (Å²) >= 11 is 0. The Balaban J connectivity index is 2.21. The molecule has 0 bridgehead atoms. The van der Waals surface area contributed by atoms with Gasteiger partial charge in [0.15, 0.2) is 0 Å². The van der Waals surface area contributed by atoms with E-state index >= 15 is 0 Å². The molecule has 16 heavy (non-hydrogen) atoms. The Morgan fingerprint density at radius 1 is 1.25 bits per heavy atom. The summed E-state index contributed by atoms with van der Waals surface area (Å²) < 4.78 is 0. The Morgan fingerprint density at radius 3 is 2.38 bits per heavy atom. The van der Waals surface area contributed by atoms with Gasteiger partial charge in [-0.3, -0.25) is 4.79 Å². The number of nitrogens with one attached hydrogen (secondary N) is 2. The normalized spacial score (nSPS) is 24.8. The van der Waals surface area contributed by atoms with Crippen LogP contribution in [-0.4, -0.2) is 29.7 Å². The third-order valence-electron chi connectivity index (χ3n) is 2.95. The molecule has 0 spiro atoms. The number of carbonyl (C=O) groups is 2. The molecule has 1 fully saturated rings. The number of hydrogen-bond acceptors (Lipinski definition) is 2. The number of carbonyl (C=O) groups excluding carboxylic acids is 1. The van der Waals surface area contributed by atoms with Crippen molar-refractivity contribution >= 4 is 12.0 Å². The fraction of sp³-hybridized carbons (Fsp3) is 0.818. The first-order valence-electron chi connectivity index (χ1n) is 5.90. The molecular formula is C11H20N2O3. The molecule has 0 heterocycles. The topological polar surface area (TPSA) is 78.4 Å². The Hall–Kier alpha value is -1.26. The van der Waals surface area contributed by atoms with Gasteiger partial charge in [-0.2, -0.15) is 0 Å². The molecule has 1 aliphatic carbocycles. The number of aliphatic carboxylic acids is 1. The van der Waals surface area contributed by atoms with E-state index < -0.39 is 5.97 Å². The Morgan fingerprint density at radius 2 is 1.88 bits per heavy atom. The predicted octanol–water partition coefficient (Wildman–Crippen LogP) is 1.34. The van der Waals surface area contributed by atoms with E-state index in [-0.39, 0.29) is 18.0 Å². The van der Waals surface area contributed by atoms with Crippen LogP contribution in [0.1, 0.15) is 39.0 Å². The van der Waals surface area contributed by atoms with E-state index in [1.165, 1.54) is 0 Å². The highest BCUT2D eigenvalue weighted by Gasteiger charge is 2.26. The van der Waals surface area contributed by atoms with Gasteiger partial charge in [-0.15, -0.1) is 0 Å². The lowest BCUT2D eigenvalue weighted by Gasteiger charge is -2.26. The molecule has 0 aromatic heterocycles. The van der Waals surface area contributed by atoms with Crippen LogP contribution in [0.2, 0.25) is 0 Å². The van der Waals surface area contributed by atoms with Crippen LogP contribution in [0.3, 0.4) is 0 Å². The first-order valence-corrected chi connectivity index (χ1v) is 5.90. The lowest BCUT2D eigenvalue weighted by molar-refractivity contribution is -0.142. The second-order valence-electron chi connectivity index (χ2n) is 4.29. The summed E-state index contributed by atoms with van der Waals surface area (Å²) in [6.45, 7) is 2.68. The highest BCUT2D eigenvalue weighted by molar-refractivity contribution is 5.74. The maximum Gasteiger partial charge on any atom is 0.315 e. The van der Waals surface area contributed by atoms with Crippen LogP contribution in [0.15, 0.2) is 0 Å². The van der Waals surface area contributed by atoms with E-state index in [0.29, 0.717) is 19.4 Å². The molecule has 0 saturated heterocycles. The summed E-state index contributed by atoms with van der Waals surface area (Å²) in [5, 5.41) is 14.4. The highest BCUT2D eigenvalue weighted by atomic mass is 16.4. The van der Waals surface area contributed by atoms with Gasteiger partial charge in [-0.25, -0.2) is 4.79 Å². The van der Waals surface area contributed by atoms with Crippen LogP contribution in [0.25, 0.3) is 0 Å². The maximum absolute atomic E-state index is 11.3. The predicted molar refractivity (Wildman–Crippen MR) is 60.2 cm³/mol. The maximum atomic E-state index is 11.3. The largest absolute Gasteiger partial charge is 0.481 e. The standard InChI is InChI=1S/C11H20N2O3/c1-2-7-12-11(16)13-9-5-3-8(4-6-9)10(14)15/h8-9H,2-7H2,1H3,(H,14,15)(H2,12,13,16). The molecule has 5 heteroatoms. The Bertz CT molecular complexity index is 248. The fourth-order valence-electron chi connectivity index (χ4n) is 1.96. The van der Waals surface area contributed by atoms with Crippen molar-refractivity contribution in [3.63, 3.8) is 0 Å². The second kappa shape index (κ2) is 6.35. The Kier molecular flexibility index (Phi) is 5.08. The number of hydrogen-bond donors (Lipinski definition) is 3. The van der Waals surface area contributed by atoms with Crippen LogP contribution in [-0.2, 0) is 4.79 Å². The summed E-state index contributed by atoms with van der Waals surface area (Å²) in [5.41, 5.74) is 0. The van der Waals surface area contributed by atoms with Crippen LogP contribution in [0.5, 0.6) is 0 Å². The van der Waals surface area contributed by atoms with Crippen molar-refractivity contribution < 1.29 is 14.7 Å². The highest BCUT2D eigenvalue weighted by Crippen LogP contribution is 2.24. The molecule has 5 nitrogen and oxygen atoms in total. The molecule has 1 saturated carbocycles. The molecule has 1 rings (SSSR count). The van der Waals surface area contributed by atoms with Gasteiger partial charge >= 0.3 is 12.0 Å². The zero-order chi connectivity index (χ0) is 12.0. The molecule has 1 aliphatic rings. The molecule has 0 atom stereocenters. The minimum absolute atomic E-state index is 0.132. The molecule has 0 radical (unpaired) electrons. The van der Waals surface area contributed by atoms with E-state index in [0.717, 1.165) is 19.3 Å². The molecular weight excluding hydrogens is 208 g/mol. The molecule has 0 unspecified atom stereocenters. The minimum atomic E-state index is -0.714. The van der Waals surface area contributed by atoms with Crippen molar-refractivity contribution in [1.82, 2.24) is 10.6 Å². The molecule has 3 N–H and O–H groups in total. The van der Waals surface area contributed by atoms with Crippen LogP contribution in [0, 0.1) is 5.92 Å². The van der Waals surface area contributed by atoms with Crippen molar-refractivity contribution in [2.24, 2.45) is 5.92 Å². The first-order chi connectivity index (χ1) is 7.63. The van der Waals surface area contributed by atoms with Gasteiger partial charge < -0.3 is 15.7 Å². The van der Waals surface area contributed by atoms with E-state index in [9.17, 15) is 9.59 Å². The van der Waals surface area contributed by atoms with Gasteiger partial charge in [-0.05, 0) is 32.1 Å². The number of carboxylic acid groups (broad SMARTS) is 1. The van der Waals surface area contributed by atoms with E-state index in [2.05, 4.69) is 10.6 Å². The third kappa shape index (κ3) is 4.08. The minimum Gasteiger partial charge on any atom is -0.481 e. The molecule has 0 aliphatic heterocycles. The van der Waals surface area contributed by atoms with Crippen molar-refractivity contribution in [2.45, 2.75) is 45.1 Å². The van der Waals surface area contributed by atoms with Gasteiger partial charge in [0, 0.05) is 12.6 Å². The first kappa shape index (κ1) is 12.8. The van der Waals surface area contributed by atoms with Gasteiger partial charge in [0.25, 0.3) is 0 Å². The number of urea groups is 1. The summed E-state index contributed by atoms with van der Waals surface area (Å²) in [5.74, 6) is -0.939. The average molecular weight is 228 g/mol. The zero-order valence-corrected chi connectivity index (χ0v) is 9.66. The third-order valence-corrected chi connectivity index (χ3v) is 2.95. The van der Waals surface area contributed by atoms with Crippen molar-refractivity contribution in [3.05, 3.63) is 0 Å². The fourth-order valence-corrected chi connectivity index (χ4v) is 1.96. The van der Waals surface area contributed by atoms with Gasteiger partial charge in [0.1, 0.15) is 0 Å².